The smallest absolute Gasteiger partial charge is 0.416 e. The molecule has 3 aromatic rings. The number of aryl methyl sites for hydroxylation is 1. The summed E-state index contributed by atoms with van der Waals surface area (Å²) in [6.45, 7) is 7.05. The van der Waals surface area contributed by atoms with Crippen molar-refractivity contribution < 1.29 is 45.1 Å². The number of carbonyl (C=O) groups is 2. The molecule has 5 nitrogen and oxygen atoms in total. The molecular formula is C36H37F7N2O3. The molecule has 1 aliphatic rings. The Morgan fingerprint density at radius 1 is 1.02 bits per heavy atom. The molecule has 0 aliphatic carbocycles. The van der Waals surface area contributed by atoms with Crippen LogP contribution < -0.4 is 0 Å². The number of alkyl halides is 6. The van der Waals surface area contributed by atoms with E-state index in [-0.39, 0.29) is 37.6 Å². The van der Waals surface area contributed by atoms with Gasteiger partial charge in [0, 0.05) is 13.6 Å². The number of piperidine rings is 1. The van der Waals surface area contributed by atoms with E-state index in [4.69, 9.17) is 4.74 Å². The number of nitrogens with zero attached hydrogens (tertiary/aromatic N) is 2. The van der Waals surface area contributed by atoms with E-state index < -0.39 is 58.8 Å². The van der Waals surface area contributed by atoms with Crippen LogP contribution in [0.2, 0.25) is 0 Å². The summed E-state index contributed by atoms with van der Waals surface area (Å²) in [5.41, 5.74) is -2.08. The highest BCUT2D eigenvalue weighted by Crippen LogP contribution is 2.48. The highest BCUT2D eigenvalue weighted by molar-refractivity contribution is 5.76. The molecule has 4 rings (SSSR count). The lowest BCUT2D eigenvalue weighted by Crippen LogP contribution is -2.50. The molecule has 0 unspecified atom stereocenters. The van der Waals surface area contributed by atoms with Crippen molar-refractivity contribution in [3.05, 3.63) is 119 Å². The summed E-state index contributed by atoms with van der Waals surface area (Å²) in [6, 6.07) is 11.9. The number of halogens is 7. The summed E-state index contributed by atoms with van der Waals surface area (Å²) >= 11 is 0. The zero-order valence-corrected chi connectivity index (χ0v) is 26.8. The van der Waals surface area contributed by atoms with E-state index in [1.54, 1.807) is 19.1 Å². The molecule has 0 saturated carbocycles. The second kappa shape index (κ2) is 14.4. The number of allylic oxidation sites excluding steroid dienone is 1. The molecule has 1 saturated heterocycles. The SMILES string of the molecule is C=CC[C@]1(CC(=O)OCc2ccccc2)CCN(C(=O)N(C)[C@H](C)c2cc(C(F)(F)F)cc(C(F)(F)F)c2)[C@@H](c2ccc(F)cc2C)C1. The Balaban J connectivity index is 1.65. The third-order valence-corrected chi connectivity index (χ3v) is 9.04. The van der Waals surface area contributed by atoms with Crippen LogP contribution in [0.1, 0.15) is 78.1 Å². The van der Waals surface area contributed by atoms with Crippen LogP contribution in [0.15, 0.2) is 79.4 Å². The number of hydrogen-bond donors (Lipinski definition) is 0. The van der Waals surface area contributed by atoms with Gasteiger partial charge in [-0.05, 0) is 91.1 Å². The minimum atomic E-state index is -5.05. The second-order valence-electron chi connectivity index (χ2n) is 12.4. The van der Waals surface area contributed by atoms with Gasteiger partial charge >= 0.3 is 24.4 Å². The third kappa shape index (κ3) is 8.56. The van der Waals surface area contributed by atoms with Gasteiger partial charge in [-0.2, -0.15) is 26.3 Å². The molecule has 1 aliphatic heterocycles. The Kier molecular flexibility index (Phi) is 11.0. The fraction of sp³-hybridized carbons (Fsp3) is 0.389. The summed E-state index contributed by atoms with van der Waals surface area (Å²) in [4.78, 5) is 29.8. The van der Waals surface area contributed by atoms with E-state index in [2.05, 4.69) is 6.58 Å². The van der Waals surface area contributed by atoms with Crippen molar-refractivity contribution in [2.45, 2.75) is 70.6 Å². The number of hydrogen-bond acceptors (Lipinski definition) is 3. The fourth-order valence-electron chi connectivity index (χ4n) is 6.29. The van der Waals surface area contributed by atoms with E-state index in [0.29, 0.717) is 36.1 Å². The Labute approximate surface area is 275 Å². The number of ether oxygens (including phenoxy) is 1. The van der Waals surface area contributed by atoms with Crippen LogP contribution >= 0.6 is 0 Å². The Morgan fingerprint density at radius 2 is 1.65 bits per heavy atom. The van der Waals surface area contributed by atoms with E-state index in [1.165, 1.54) is 31.0 Å². The van der Waals surface area contributed by atoms with Gasteiger partial charge in [-0.1, -0.05) is 42.5 Å². The first-order chi connectivity index (χ1) is 22.4. The lowest BCUT2D eigenvalue weighted by atomic mass is 9.69. The average molecular weight is 679 g/mol. The van der Waals surface area contributed by atoms with Gasteiger partial charge in [0.15, 0.2) is 0 Å². The molecule has 0 N–H and O–H groups in total. The highest BCUT2D eigenvalue weighted by Gasteiger charge is 2.45. The van der Waals surface area contributed by atoms with Crippen molar-refractivity contribution in [2.75, 3.05) is 13.6 Å². The molecule has 0 spiro atoms. The van der Waals surface area contributed by atoms with E-state index in [9.17, 15) is 40.3 Å². The quantitative estimate of drug-likeness (QED) is 0.129. The third-order valence-electron chi connectivity index (χ3n) is 9.04. The van der Waals surface area contributed by atoms with Gasteiger partial charge in [0.05, 0.1) is 29.6 Å². The van der Waals surface area contributed by atoms with Crippen molar-refractivity contribution in [2.24, 2.45) is 5.41 Å². The highest BCUT2D eigenvalue weighted by atomic mass is 19.4. The number of urea groups is 1. The molecule has 48 heavy (non-hydrogen) atoms. The van der Waals surface area contributed by atoms with Crippen molar-refractivity contribution in [3.8, 4) is 0 Å². The topological polar surface area (TPSA) is 49.9 Å². The molecule has 3 aromatic carbocycles. The van der Waals surface area contributed by atoms with E-state index >= 15 is 0 Å². The van der Waals surface area contributed by atoms with Gasteiger partial charge in [0.2, 0.25) is 0 Å². The maximum absolute atomic E-state index is 14.2. The average Bonchev–Trinajstić information content (AvgIpc) is 3.02. The zero-order chi connectivity index (χ0) is 35.4. The molecule has 0 aromatic heterocycles. The predicted molar refractivity (Wildman–Crippen MR) is 166 cm³/mol. The second-order valence-corrected chi connectivity index (χ2v) is 12.4. The van der Waals surface area contributed by atoms with Crippen LogP contribution in [0, 0.1) is 18.2 Å². The largest absolute Gasteiger partial charge is 0.461 e. The van der Waals surface area contributed by atoms with E-state index in [1.807, 2.05) is 30.3 Å². The normalized spacial score (nSPS) is 19.0. The van der Waals surface area contributed by atoms with Crippen LogP contribution in [0.5, 0.6) is 0 Å². The van der Waals surface area contributed by atoms with Gasteiger partial charge in [0.1, 0.15) is 12.4 Å². The van der Waals surface area contributed by atoms with Gasteiger partial charge < -0.3 is 14.5 Å². The molecule has 1 heterocycles. The van der Waals surface area contributed by atoms with Crippen molar-refractivity contribution in [1.82, 2.24) is 9.80 Å². The van der Waals surface area contributed by atoms with Crippen molar-refractivity contribution in [1.29, 1.82) is 0 Å². The van der Waals surface area contributed by atoms with Crippen LogP contribution in [-0.4, -0.2) is 35.4 Å². The maximum atomic E-state index is 14.2. The fourth-order valence-corrected chi connectivity index (χ4v) is 6.29. The molecule has 258 valence electrons. The van der Waals surface area contributed by atoms with Gasteiger partial charge in [-0.25, -0.2) is 9.18 Å². The van der Waals surface area contributed by atoms with Crippen LogP contribution in [0.3, 0.4) is 0 Å². The number of rotatable bonds is 9. The summed E-state index contributed by atoms with van der Waals surface area (Å²) in [5.74, 6) is -0.951. The first kappa shape index (κ1) is 36.5. The molecule has 1 fully saturated rings. The predicted octanol–water partition coefficient (Wildman–Crippen LogP) is 9.82. The molecule has 12 heteroatoms. The Hall–Kier alpha value is -4.35. The molecule has 0 radical (unpaired) electrons. The Morgan fingerprint density at radius 3 is 2.21 bits per heavy atom. The van der Waals surface area contributed by atoms with Crippen LogP contribution in [0.25, 0.3) is 0 Å². The Bertz CT molecular complexity index is 1590. The number of likely N-dealkylation sites (tertiary alicyclic amines) is 1. The van der Waals surface area contributed by atoms with Crippen LogP contribution in [0.4, 0.5) is 35.5 Å². The molecule has 3 atom stereocenters. The lowest BCUT2D eigenvalue weighted by Gasteiger charge is -2.48. The monoisotopic (exact) mass is 678 g/mol. The number of esters is 1. The van der Waals surface area contributed by atoms with Gasteiger partial charge in [-0.15, -0.1) is 6.58 Å². The summed E-state index contributed by atoms with van der Waals surface area (Å²) in [6.07, 6.45) is -7.46. The van der Waals surface area contributed by atoms with Crippen molar-refractivity contribution in [3.63, 3.8) is 0 Å². The van der Waals surface area contributed by atoms with Gasteiger partial charge in [-0.3, -0.25) is 4.79 Å². The maximum Gasteiger partial charge on any atom is 0.416 e. The molecular weight excluding hydrogens is 641 g/mol. The minimum Gasteiger partial charge on any atom is -0.461 e. The van der Waals surface area contributed by atoms with Gasteiger partial charge in [0.25, 0.3) is 0 Å². The van der Waals surface area contributed by atoms with Crippen LogP contribution in [-0.2, 0) is 28.5 Å². The standard InChI is InChI=1S/C36H37F7N2O3/c1-5-13-34(21-32(46)48-22-25-9-7-6-8-10-25)14-15-45(31(20-34)30-12-11-29(37)16-23(30)2)33(47)44(4)24(3)26-17-27(35(38,39)40)19-28(18-26)36(41,42)43/h5-12,16-19,24,31H,1,13-15,20-22H2,2-4H3/t24-,31-,34+/m1/s1. The minimum absolute atomic E-state index is 0.00131. The summed E-state index contributed by atoms with van der Waals surface area (Å²) in [5, 5.41) is 0. The molecule has 2 amide bonds. The number of carbonyl (C=O) groups excluding carboxylic acids is 2. The first-order valence-corrected chi connectivity index (χ1v) is 15.3. The van der Waals surface area contributed by atoms with E-state index in [0.717, 1.165) is 10.5 Å². The van der Waals surface area contributed by atoms with Crippen molar-refractivity contribution >= 4 is 12.0 Å². The lowest BCUT2D eigenvalue weighted by molar-refractivity contribution is -0.149. The number of benzene rings is 3. The summed E-state index contributed by atoms with van der Waals surface area (Å²) < 4.78 is 101. The molecule has 0 bridgehead atoms. The first-order valence-electron chi connectivity index (χ1n) is 15.3. The number of amides is 2. The zero-order valence-electron chi connectivity index (χ0n) is 26.8. The summed E-state index contributed by atoms with van der Waals surface area (Å²) in [7, 11) is 1.31.